The summed E-state index contributed by atoms with van der Waals surface area (Å²) in [7, 11) is 0. The largest absolute Gasteiger partial charge is 0.372 e. The molecular formula is C17H26N2. The maximum Gasteiger partial charge on any atom is 0.0939 e. The smallest absolute Gasteiger partial charge is 0.0939 e. The van der Waals surface area contributed by atoms with E-state index in [1.54, 1.807) is 0 Å². The van der Waals surface area contributed by atoms with Crippen molar-refractivity contribution in [2.75, 3.05) is 19.6 Å². The van der Waals surface area contributed by atoms with Gasteiger partial charge in [0, 0.05) is 25.6 Å². The van der Waals surface area contributed by atoms with Gasteiger partial charge in [-0.2, -0.15) is 0 Å². The van der Waals surface area contributed by atoms with E-state index in [2.05, 4.69) is 62.7 Å². The summed E-state index contributed by atoms with van der Waals surface area (Å²) in [5.74, 6) is 2.40. The second kappa shape index (κ2) is 5.68. The van der Waals surface area contributed by atoms with Crippen molar-refractivity contribution in [3.8, 4) is 0 Å². The van der Waals surface area contributed by atoms with Crippen molar-refractivity contribution in [3.05, 3.63) is 47.3 Å². The Labute approximate surface area is 117 Å². The molecule has 0 amide bonds. The quantitative estimate of drug-likeness (QED) is 0.870. The Kier molecular flexibility index (Phi) is 4.18. The van der Waals surface area contributed by atoms with Gasteiger partial charge >= 0.3 is 0 Å². The summed E-state index contributed by atoms with van der Waals surface area (Å²) in [5.41, 5.74) is 4.24. The molecule has 19 heavy (non-hydrogen) atoms. The third-order valence-electron chi connectivity index (χ3n) is 3.98. The third-order valence-corrected chi connectivity index (χ3v) is 3.98. The lowest BCUT2D eigenvalue weighted by molar-refractivity contribution is 0.184. The number of nitrogens with zero attached hydrogens (tertiary/aromatic N) is 1. The zero-order valence-electron chi connectivity index (χ0n) is 12.7. The van der Waals surface area contributed by atoms with Crippen LogP contribution in [0.3, 0.4) is 0 Å². The lowest BCUT2D eigenvalue weighted by Gasteiger charge is -2.42. The van der Waals surface area contributed by atoms with Crippen LogP contribution in [0.2, 0.25) is 0 Å². The maximum absolute atomic E-state index is 4.12. The zero-order chi connectivity index (χ0) is 14.0. The Morgan fingerprint density at radius 1 is 1.32 bits per heavy atom. The summed E-state index contributed by atoms with van der Waals surface area (Å²) < 4.78 is 0. The van der Waals surface area contributed by atoms with Crippen molar-refractivity contribution in [3.63, 3.8) is 0 Å². The molecule has 0 spiro atoms. The Balaban J connectivity index is 1.85. The molecule has 1 aliphatic heterocycles. The molecule has 1 fully saturated rings. The van der Waals surface area contributed by atoms with Crippen molar-refractivity contribution >= 4 is 0 Å². The van der Waals surface area contributed by atoms with Gasteiger partial charge in [-0.25, -0.2) is 0 Å². The highest BCUT2D eigenvalue weighted by Gasteiger charge is 2.28. The Hall–Kier alpha value is -1.44. The number of rotatable bonds is 5. The molecule has 0 aromatic heterocycles. The van der Waals surface area contributed by atoms with Gasteiger partial charge in [0.25, 0.3) is 0 Å². The van der Waals surface area contributed by atoms with E-state index in [0.717, 1.165) is 25.5 Å². The average molecular weight is 258 g/mol. The lowest BCUT2D eigenvalue weighted by atomic mass is 9.89. The van der Waals surface area contributed by atoms with Crippen LogP contribution < -0.4 is 5.32 Å². The van der Waals surface area contributed by atoms with Gasteiger partial charge < -0.3 is 10.2 Å². The van der Waals surface area contributed by atoms with Gasteiger partial charge in [0.05, 0.1) is 5.82 Å². The van der Waals surface area contributed by atoms with E-state index in [0.29, 0.717) is 11.8 Å². The third kappa shape index (κ3) is 3.31. The average Bonchev–Trinajstić information content (AvgIpc) is 2.29. The topological polar surface area (TPSA) is 15.3 Å². The minimum absolute atomic E-state index is 0.661. The molecule has 0 unspecified atom stereocenters. The van der Waals surface area contributed by atoms with Gasteiger partial charge in [0.15, 0.2) is 0 Å². The van der Waals surface area contributed by atoms with E-state index in [-0.39, 0.29) is 0 Å². The first-order valence-corrected chi connectivity index (χ1v) is 7.22. The van der Waals surface area contributed by atoms with Crippen LogP contribution in [0.1, 0.15) is 36.5 Å². The van der Waals surface area contributed by atoms with E-state index < -0.39 is 0 Å². The molecule has 1 aromatic carbocycles. The number of hydrogen-bond acceptors (Lipinski definition) is 2. The molecule has 1 aliphatic rings. The molecule has 1 saturated heterocycles. The molecule has 2 heteroatoms. The molecule has 0 saturated carbocycles. The highest BCUT2D eigenvalue weighted by molar-refractivity contribution is 5.33. The van der Waals surface area contributed by atoms with Crippen molar-refractivity contribution < 1.29 is 0 Å². The molecule has 0 aliphatic carbocycles. The first kappa shape index (κ1) is 14.0. The fourth-order valence-electron chi connectivity index (χ4n) is 2.36. The number of nitrogens with one attached hydrogen (secondary N) is 1. The van der Waals surface area contributed by atoms with Crippen LogP contribution in [0.15, 0.2) is 30.6 Å². The van der Waals surface area contributed by atoms with Gasteiger partial charge in [-0.15, -0.1) is 0 Å². The normalized spacial score (nSPS) is 15.5. The molecule has 104 valence electrons. The fourth-order valence-corrected chi connectivity index (χ4v) is 2.36. The molecule has 2 rings (SSSR count). The number of likely N-dealkylation sites (tertiary alicyclic amines) is 1. The number of benzene rings is 1. The van der Waals surface area contributed by atoms with Crippen molar-refractivity contribution in [2.45, 2.75) is 33.6 Å². The van der Waals surface area contributed by atoms with Crippen molar-refractivity contribution in [2.24, 2.45) is 5.92 Å². The second-order valence-corrected chi connectivity index (χ2v) is 6.17. The lowest BCUT2D eigenvalue weighted by Crippen LogP contribution is -2.47. The Bertz CT molecular complexity index is 456. The predicted molar refractivity (Wildman–Crippen MR) is 82.2 cm³/mol. The minimum atomic E-state index is 0.661. The van der Waals surface area contributed by atoms with Crippen LogP contribution >= 0.6 is 0 Å². The summed E-state index contributed by atoms with van der Waals surface area (Å²) in [4.78, 5) is 2.34. The molecular weight excluding hydrogens is 232 g/mol. The standard InChI is InChI=1S/C17H26N2/c1-12(2)9-18-15(5)19-10-17(11-19)16-7-6-13(3)14(4)8-16/h6-8,12,17-18H,5,9-11H2,1-4H3. The monoisotopic (exact) mass is 258 g/mol. The van der Waals surface area contributed by atoms with Gasteiger partial charge in [-0.1, -0.05) is 38.6 Å². The summed E-state index contributed by atoms with van der Waals surface area (Å²) in [6.07, 6.45) is 0. The first-order chi connectivity index (χ1) is 8.97. The molecule has 0 radical (unpaired) electrons. The van der Waals surface area contributed by atoms with Crippen LogP contribution in [0.25, 0.3) is 0 Å². The van der Waals surface area contributed by atoms with Crippen LogP contribution in [0.5, 0.6) is 0 Å². The summed E-state index contributed by atoms with van der Waals surface area (Å²) in [6, 6.07) is 6.84. The highest BCUT2D eigenvalue weighted by atomic mass is 15.3. The summed E-state index contributed by atoms with van der Waals surface area (Å²) >= 11 is 0. The van der Waals surface area contributed by atoms with E-state index in [4.69, 9.17) is 0 Å². The Morgan fingerprint density at radius 3 is 2.58 bits per heavy atom. The van der Waals surface area contributed by atoms with Gasteiger partial charge in [0.2, 0.25) is 0 Å². The highest BCUT2D eigenvalue weighted by Crippen LogP contribution is 2.29. The molecule has 1 heterocycles. The SMILES string of the molecule is C=C(NCC(C)C)N1CC(c2ccc(C)c(C)c2)C1. The van der Waals surface area contributed by atoms with Crippen LogP contribution in [0, 0.1) is 19.8 Å². The molecule has 1 N–H and O–H groups in total. The van der Waals surface area contributed by atoms with Crippen molar-refractivity contribution in [1.29, 1.82) is 0 Å². The van der Waals surface area contributed by atoms with E-state index in [1.807, 2.05) is 0 Å². The summed E-state index contributed by atoms with van der Waals surface area (Å²) in [5, 5.41) is 3.41. The van der Waals surface area contributed by atoms with Crippen molar-refractivity contribution in [1.82, 2.24) is 10.2 Å². The molecule has 0 bridgehead atoms. The zero-order valence-corrected chi connectivity index (χ0v) is 12.7. The van der Waals surface area contributed by atoms with Crippen LogP contribution in [-0.4, -0.2) is 24.5 Å². The van der Waals surface area contributed by atoms with E-state index in [1.165, 1.54) is 16.7 Å². The van der Waals surface area contributed by atoms with E-state index in [9.17, 15) is 0 Å². The number of hydrogen-bond donors (Lipinski definition) is 1. The molecule has 0 atom stereocenters. The Morgan fingerprint density at radius 2 is 2.00 bits per heavy atom. The first-order valence-electron chi connectivity index (χ1n) is 7.22. The van der Waals surface area contributed by atoms with Gasteiger partial charge in [-0.05, 0) is 36.5 Å². The predicted octanol–water partition coefficient (Wildman–Crippen LogP) is 3.42. The fraction of sp³-hybridized carbons (Fsp3) is 0.529. The van der Waals surface area contributed by atoms with E-state index >= 15 is 0 Å². The minimum Gasteiger partial charge on any atom is -0.372 e. The van der Waals surface area contributed by atoms with Gasteiger partial charge in [0.1, 0.15) is 0 Å². The summed E-state index contributed by atoms with van der Waals surface area (Å²) in [6.45, 7) is 16.1. The molecule has 2 nitrogen and oxygen atoms in total. The number of aryl methyl sites for hydroxylation is 2. The van der Waals surface area contributed by atoms with Gasteiger partial charge in [-0.3, -0.25) is 0 Å². The van der Waals surface area contributed by atoms with Crippen LogP contribution in [0.4, 0.5) is 0 Å². The maximum atomic E-state index is 4.12. The second-order valence-electron chi connectivity index (χ2n) is 6.17. The van der Waals surface area contributed by atoms with Crippen LogP contribution in [-0.2, 0) is 0 Å². The molecule has 1 aromatic rings.